The zero-order valence-corrected chi connectivity index (χ0v) is 9.69. The number of nitrogens with one attached hydrogen (secondary N) is 1. The number of non-ortho nitro benzene ring substituents is 1. The van der Waals surface area contributed by atoms with E-state index in [0.29, 0.717) is 0 Å². The molecule has 1 rings (SSSR count). The Kier molecular flexibility index (Phi) is 4.83. The maximum Gasteiger partial charge on any atom is 0.340 e. The van der Waals surface area contributed by atoms with Gasteiger partial charge in [-0.1, -0.05) is 0 Å². The molecule has 6 nitrogen and oxygen atoms in total. The number of nitro groups is 1. The van der Waals surface area contributed by atoms with E-state index in [9.17, 15) is 32.5 Å². The first-order valence-electron chi connectivity index (χ1n) is 5.04. The average Bonchev–Trinajstić information content (AvgIpc) is 2.36. The van der Waals surface area contributed by atoms with Crippen LogP contribution in [0.2, 0.25) is 0 Å². The number of hydrogen-bond acceptors (Lipinski definition) is 4. The van der Waals surface area contributed by atoms with Crippen molar-refractivity contribution in [2.75, 3.05) is 11.9 Å². The summed E-state index contributed by atoms with van der Waals surface area (Å²) in [6, 6.07) is 2.72. The van der Waals surface area contributed by atoms with Crippen LogP contribution in [0.5, 0.6) is 5.75 Å². The number of ether oxygens (including phenoxy) is 1. The highest BCUT2D eigenvalue weighted by Gasteiger charge is 2.41. The minimum absolute atomic E-state index is 0.0930. The van der Waals surface area contributed by atoms with Gasteiger partial charge in [0.1, 0.15) is 5.75 Å². The van der Waals surface area contributed by atoms with Crippen LogP contribution in [0.1, 0.15) is 0 Å². The summed E-state index contributed by atoms with van der Waals surface area (Å²) in [4.78, 5) is 20.0. The molecular formula is C10H8F4N2O4. The molecule has 1 aromatic carbocycles. The topological polar surface area (TPSA) is 81.5 Å². The lowest BCUT2D eigenvalue weighted by molar-refractivity contribution is -0.384. The Morgan fingerprint density at radius 1 is 1.40 bits per heavy atom. The molecule has 1 N–H and O–H groups in total. The fourth-order valence-electron chi connectivity index (χ4n) is 1.17. The Morgan fingerprint density at radius 3 is 2.55 bits per heavy atom. The standard InChI is InChI=1S/C10H8F4N2O4/c11-9(12)10(13,14)4-20-8-2-6(15-5-17)1-7(3-8)16(18)19/h1-3,5,9H,4H2,(H,15,17). The molecule has 0 atom stereocenters. The number of benzene rings is 1. The van der Waals surface area contributed by atoms with Crippen molar-refractivity contribution in [3.8, 4) is 5.75 Å². The molecule has 0 aliphatic carbocycles. The summed E-state index contributed by atoms with van der Waals surface area (Å²) in [5.41, 5.74) is -0.642. The van der Waals surface area contributed by atoms with Crippen molar-refractivity contribution in [1.29, 1.82) is 0 Å². The molecule has 1 amide bonds. The van der Waals surface area contributed by atoms with Crippen LogP contribution in [0.25, 0.3) is 0 Å². The van der Waals surface area contributed by atoms with Crippen LogP contribution in [-0.4, -0.2) is 30.3 Å². The van der Waals surface area contributed by atoms with Crippen molar-refractivity contribution in [1.82, 2.24) is 0 Å². The van der Waals surface area contributed by atoms with E-state index in [1.165, 1.54) is 0 Å². The molecule has 0 saturated heterocycles. The number of halogens is 4. The molecule has 0 aromatic heterocycles. The van der Waals surface area contributed by atoms with E-state index in [-0.39, 0.29) is 12.1 Å². The van der Waals surface area contributed by atoms with Crippen LogP contribution in [0.4, 0.5) is 28.9 Å². The fourth-order valence-corrected chi connectivity index (χ4v) is 1.17. The molecule has 0 saturated carbocycles. The van der Waals surface area contributed by atoms with Gasteiger partial charge in [-0.15, -0.1) is 0 Å². The molecular weight excluding hydrogens is 288 g/mol. The molecule has 0 aliphatic rings. The molecule has 20 heavy (non-hydrogen) atoms. The third kappa shape index (κ3) is 4.07. The number of rotatable bonds is 7. The normalized spacial score (nSPS) is 11.2. The zero-order chi connectivity index (χ0) is 15.3. The average molecular weight is 296 g/mol. The number of amides is 1. The van der Waals surface area contributed by atoms with Crippen LogP contribution in [0.3, 0.4) is 0 Å². The van der Waals surface area contributed by atoms with Gasteiger partial charge in [0, 0.05) is 12.1 Å². The van der Waals surface area contributed by atoms with E-state index in [1.54, 1.807) is 0 Å². The first kappa shape index (κ1) is 15.7. The fraction of sp³-hybridized carbons (Fsp3) is 0.300. The molecule has 0 unspecified atom stereocenters. The summed E-state index contributed by atoms with van der Waals surface area (Å²) in [5.74, 6) is -4.83. The third-order valence-corrected chi connectivity index (χ3v) is 2.08. The van der Waals surface area contributed by atoms with Gasteiger partial charge in [-0.3, -0.25) is 14.9 Å². The quantitative estimate of drug-likeness (QED) is 0.362. The van der Waals surface area contributed by atoms with E-state index < -0.39 is 35.3 Å². The summed E-state index contributed by atoms with van der Waals surface area (Å²) in [6.45, 7) is -1.65. The van der Waals surface area contributed by atoms with Crippen LogP contribution in [0, 0.1) is 10.1 Å². The highest BCUT2D eigenvalue weighted by atomic mass is 19.3. The third-order valence-electron chi connectivity index (χ3n) is 2.08. The lowest BCUT2D eigenvalue weighted by Crippen LogP contribution is -2.33. The molecule has 0 heterocycles. The number of nitrogens with zero attached hydrogens (tertiary/aromatic N) is 1. The van der Waals surface area contributed by atoms with Crippen LogP contribution in [0.15, 0.2) is 18.2 Å². The maximum atomic E-state index is 12.7. The molecule has 0 fully saturated rings. The Bertz CT molecular complexity index is 510. The molecule has 0 radical (unpaired) electrons. The van der Waals surface area contributed by atoms with Crippen molar-refractivity contribution in [3.63, 3.8) is 0 Å². The first-order valence-corrected chi connectivity index (χ1v) is 5.04. The molecule has 0 bridgehead atoms. The van der Waals surface area contributed by atoms with E-state index in [2.05, 4.69) is 10.1 Å². The van der Waals surface area contributed by atoms with Gasteiger partial charge < -0.3 is 10.1 Å². The highest BCUT2D eigenvalue weighted by Crippen LogP contribution is 2.28. The minimum Gasteiger partial charge on any atom is -0.487 e. The van der Waals surface area contributed by atoms with Gasteiger partial charge in [0.05, 0.1) is 16.7 Å². The maximum absolute atomic E-state index is 12.7. The largest absolute Gasteiger partial charge is 0.487 e. The Morgan fingerprint density at radius 2 is 2.05 bits per heavy atom. The smallest absolute Gasteiger partial charge is 0.340 e. The highest BCUT2D eigenvalue weighted by molar-refractivity contribution is 5.73. The summed E-state index contributed by atoms with van der Waals surface area (Å²) < 4.78 is 53.6. The molecule has 10 heteroatoms. The van der Waals surface area contributed by atoms with Crippen LogP contribution < -0.4 is 10.1 Å². The SMILES string of the molecule is O=CNc1cc(OCC(F)(F)C(F)F)cc([N+](=O)[O-])c1. The zero-order valence-electron chi connectivity index (χ0n) is 9.69. The van der Waals surface area contributed by atoms with E-state index in [0.717, 1.165) is 18.2 Å². The van der Waals surface area contributed by atoms with Gasteiger partial charge in [0.15, 0.2) is 6.61 Å². The second-order valence-corrected chi connectivity index (χ2v) is 3.59. The summed E-state index contributed by atoms with van der Waals surface area (Å²) in [7, 11) is 0. The number of alkyl halides is 4. The van der Waals surface area contributed by atoms with E-state index in [4.69, 9.17) is 0 Å². The first-order chi connectivity index (χ1) is 9.26. The number of carbonyl (C=O) groups is 1. The van der Waals surface area contributed by atoms with Gasteiger partial charge in [-0.2, -0.15) is 8.78 Å². The molecule has 0 spiro atoms. The second-order valence-electron chi connectivity index (χ2n) is 3.59. The Labute approximate surface area is 109 Å². The van der Waals surface area contributed by atoms with Crippen LogP contribution in [-0.2, 0) is 4.79 Å². The Hall–Kier alpha value is -2.39. The van der Waals surface area contributed by atoms with Gasteiger partial charge in [0.25, 0.3) is 5.69 Å². The van der Waals surface area contributed by atoms with Crippen molar-refractivity contribution in [3.05, 3.63) is 28.3 Å². The lowest BCUT2D eigenvalue weighted by atomic mass is 10.2. The number of hydrogen-bond donors (Lipinski definition) is 1. The number of anilines is 1. The minimum atomic E-state index is -4.39. The number of nitro benzene ring substituents is 1. The van der Waals surface area contributed by atoms with E-state index >= 15 is 0 Å². The number of carbonyl (C=O) groups excluding carboxylic acids is 1. The van der Waals surface area contributed by atoms with Crippen molar-refractivity contribution in [2.45, 2.75) is 12.3 Å². The second kappa shape index (κ2) is 6.17. The predicted molar refractivity (Wildman–Crippen MR) is 59.2 cm³/mol. The van der Waals surface area contributed by atoms with Crippen molar-refractivity contribution < 1.29 is 32.0 Å². The van der Waals surface area contributed by atoms with Crippen molar-refractivity contribution >= 4 is 17.8 Å². The van der Waals surface area contributed by atoms with Gasteiger partial charge in [0.2, 0.25) is 6.41 Å². The lowest BCUT2D eigenvalue weighted by Gasteiger charge is -2.16. The molecule has 0 aliphatic heterocycles. The summed E-state index contributed by atoms with van der Waals surface area (Å²) in [6.07, 6.45) is -3.72. The van der Waals surface area contributed by atoms with Crippen molar-refractivity contribution in [2.24, 2.45) is 0 Å². The monoisotopic (exact) mass is 296 g/mol. The Balaban J connectivity index is 2.94. The van der Waals surface area contributed by atoms with Gasteiger partial charge in [-0.25, -0.2) is 8.78 Å². The van der Waals surface area contributed by atoms with Gasteiger partial charge in [-0.05, 0) is 0 Å². The van der Waals surface area contributed by atoms with Gasteiger partial charge >= 0.3 is 12.3 Å². The van der Waals surface area contributed by atoms with Crippen LogP contribution >= 0.6 is 0 Å². The molecule has 110 valence electrons. The van der Waals surface area contributed by atoms with E-state index in [1.807, 2.05) is 0 Å². The molecule has 1 aromatic rings. The summed E-state index contributed by atoms with van der Waals surface area (Å²) in [5, 5.41) is 12.6. The summed E-state index contributed by atoms with van der Waals surface area (Å²) >= 11 is 0. The predicted octanol–water partition coefficient (Wildman–Crippen LogP) is 2.44.